The third-order valence-corrected chi connectivity index (χ3v) is 7.80. The molecule has 3 aromatic carbocycles. The molecule has 10 nitrogen and oxygen atoms in total. The van der Waals surface area contributed by atoms with Gasteiger partial charge in [0, 0.05) is 11.4 Å². The maximum atomic E-state index is 13.0. The maximum Gasteiger partial charge on any atom is 0.262 e. The molecular weight excluding hydrogens is 484 g/mol. The highest BCUT2D eigenvalue weighted by Crippen LogP contribution is 2.27. The van der Waals surface area contributed by atoms with Crippen LogP contribution in [0.1, 0.15) is 31.8 Å². The minimum atomic E-state index is -4.32. The second-order valence-corrected chi connectivity index (χ2v) is 10.6. The van der Waals surface area contributed by atoms with Gasteiger partial charge in [-0.1, -0.05) is 30.3 Å². The third kappa shape index (κ3) is 5.35. The van der Waals surface area contributed by atoms with Crippen molar-refractivity contribution in [2.45, 2.75) is 23.6 Å². The number of nitrogens with one attached hydrogen (secondary N) is 2. The zero-order valence-electron chi connectivity index (χ0n) is 17.9. The Bertz CT molecular complexity index is 1400. The number of sulfonamides is 2. The van der Waals surface area contributed by atoms with Crippen molar-refractivity contribution in [3.8, 4) is 0 Å². The Morgan fingerprint density at radius 2 is 1.03 bits per heavy atom. The van der Waals surface area contributed by atoms with Gasteiger partial charge in [-0.15, -0.1) is 0 Å². The molecule has 0 saturated heterocycles. The van der Waals surface area contributed by atoms with Crippen molar-refractivity contribution in [3.05, 3.63) is 82.9 Å². The normalized spacial score (nSPS) is 11.6. The van der Waals surface area contributed by atoms with Crippen LogP contribution in [0.5, 0.6) is 0 Å². The molecule has 0 aliphatic carbocycles. The van der Waals surface area contributed by atoms with Gasteiger partial charge in [0.25, 0.3) is 20.0 Å². The zero-order chi connectivity index (χ0) is 25.3. The van der Waals surface area contributed by atoms with Crippen molar-refractivity contribution in [1.29, 1.82) is 0 Å². The molecule has 34 heavy (non-hydrogen) atoms. The van der Waals surface area contributed by atoms with Crippen molar-refractivity contribution in [3.63, 3.8) is 0 Å². The molecule has 0 fully saturated rings. The van der Waals surface area contributed by atoms with E-state index in [1.54, 1.807) is 0 Å². The molecule has 0 aliphatic heterocycles. The average Bonchev–Trinajstić information content (AvgIpc) is 2.73. The summed E-state index contributed by atoms with van der Waals surface area (Å²) in [6.07, 6.45) is 0. The van der Waals surface area contributed by atoms with Crippen LogP contribution in [0.25, 0.3) is 0 Å². The van der Waals surface area contributed by atoms with E-state index in [1.165, 1.54) is 56.3 Å². The molecule has 0 heterocycles. The molecule has 0 amide bonds. The van der Waals surface area contributed by atoms with Crippen LogP contribution in [-0.4, -0.2) is 28.8 Å². The van der Waals surface area contributed by atoms with Crippen molar-refractivity contribution >= 4 is 43.4 Å². The molecule has 3 aromatic rings. The van der Waals surface area contributed by atoms with Gasteiger partial charge in [-0.3, -0.25) is 9.44 Å². The maximum absolute atomic E-state index is 13.0. The topological polar surface area (TPSA) is 173 Å². The van der Waals surface area contributed by atoms with E-state index in [2.05, 4.69) is 9.44 Å². The molecule has 0 unspecified atom stereocenters. The van der Waals surface area contributed by atoms with Crippen LogP contribution in [0.2, 0.25) is 0 Å². The van der Waals surface area contributed by atoms with Crippen molar-refractivity contribution in [2.24, 2.45) is 0 Å². The number of benzene rings is 3. The lowest BCUT2D eigenvalue weighted by Crippen LogP contribution is -2.23. The lowest BCUT2D eigenvalue weighted by Gasteiger charge is -2.16. The Kier molecular flexibility index (Phi) is 6.66. The fraction of sp³-hybridized carbons (Fsp3) is 0.0909. The van der Waals surface area contributed by atoms with Crippen molar-refractivity contribution in [1.82, 2.24) is 0 Å². The van der Waals surface area contributed by atoms with Crippen molar-refractivity contribution < 1.29 is 36.6 Å². The number of carbonyl (C=O) groups is 2. The van der Waals surface area contributed by atoms with Crippen LogP contribution in [0.4, 0.5) is 11.4 Å². The second-order valence-electron chi connectivity index (χ2n) is 7.33. The van der Waals surface area contributed by atoms with Gasteiger partial charge >= 0.3 is 0 Å². The Balaban J connectivity index is 2.01. The minimum Gasteiger partial charge on any atom is -0.545 e. The fourth-order valence-corrected chi connectivity index (χ4v) is 5.91. The lowest BCUT2D eigenvalue weighted by molar-refractivity contribution is -0.256. The molecule has 0 aliphatic rings. The first-order valence-electron chi connectivity index (χ1n) is 9.60. The molecule has 3 rings (SSSR count). The Morgan fingerprint density at radius 3 is 1.38 bits per heavy atom. The molecule has 0 spiro atoms. The van der Waals surface area contributed by atoms with Crippen LogP contribution in [-0.2, 0) is 20.0 Å². The number of carboxylic acid groups (broad SMARTS) is 2. The molecule has 0 bridgehead atoms. The molecule has 178 valence electrons. The third-order valence-electron chi connectivity index (χ3n) is 4.75. The van der Waals surface area contributed by atoms with Crippen molar-refractivity contribution in [2.75, 3.05) is 9.44 Å². The van der Waals surface area contributed by atoms with Crippen LogP contribution in [0.15, 0.2) is 70.5 Å². The summed E-state index contributed by atoms with van der Waals surface area (Å²) >= 11 is 0. The average molecular weight is 503 g/mol. The van der Waals surface area contributed by atoms with E-state index in [9.17, 15) is 36.6 Å². The fourth-order valence-electron chi connectivity index (χ4n) is 3.23. The molecular formula is C22H18N2O8S2-2. The Hall–Kier alpha value is -3.90. The number of carbonyl (C=O) groups excluding carboxylic acids is 2. The Labute approximate surface area is 196 Å². The number of anilines is 2. The number of carboxylic acids is 2. The number of aryl methyl sites for hydroxylation is 2. The van der Waals surface area contributed by atoms with Gasteiger partial charge in [0.1, 0.15) is 0 Å². The van der Waals surface area contributed by atoms with Crippen LogP contribution >= 0.6 is 0 Å². The number of aromatic carboxylic acids is 2. The summed E-state index contributed by atoms with van der Waals surface area (Å²) in [5.41, 5.74) is -0.0938. The van der Waals surface area contributed by atoms with Crippen LogP contribution < -0.4 is 19.7 Å². The van der Waals surface area contributed by atoms with E-state index in [0.717, 1.165) is 18.2 Å². The van der Waals surface area contributed by atoms with E-state index in [-0.39, 0.29) is 43.4 Å². The molecule has 0 saturated carbocycles. The molecule has 2 N–H and O–H groups in total. The monoisotopic (exact) mass is 502 g/mol. The van der Waals surface area contributed by atoms with Gasteiger partial charge in [0.15, 0.2) is 0 Å². The van der Waals surface area contributed by atoms with Crippen LogP contribution in [0, 0.1) is 13.8 Å². The standard InChI is InChI=1S/C22H20N2O8S2/c1-13-9-14(2)20(34(31,32)24-18-8-4-6-16(11-18)22(27)28)12-19(13)33(29,30)23-17-7-3-5-15(10-17)21(25)26/h3-12,23-24H,1-2H3,(H,25,26)(H,27,28)/p-2. The summed E-state index contributed by atoms with van der Waals surface area (Å²) in [5, 5.41) is 22.1. The quantitative estimate of drug-likeness (QED) is 0.451. The van der Waals surface area contributed by atoms with E-state index in [4.69, 9.17) is 0 Å². The summed E-state index contributed by atoms with van der Waals surface area (Å²) in [4.78, 5) is 21.4. The van der Waals surface area contributed by atoms with E-state index in [1.807, 2.05) is 0 Å². The first kappa shape index (κ1) is 24.7. The van der Waals surface area contributed by atoms with E-state index >= 15 is 0 Å². The highest BCUT2D eigenvalue weighted by atomic mass is 32.2. The summed E-state index contributed by atoms with van der Waals surface area (Å²) in [6, 6.07) is 12.3. The highest BCUT2D eigenvalue weighted by molar-refractivity contribution is 7.93. The molecule has 0 atom stereocenters. The summed E-state index contributed by atoms with van der Waals surface area (Å²) in [5.74, 6) is -2.98. The van der Waals surface area contributed by atoms with Gasteiger partial charge < -0.3 is 19.8 Å². The second kappa shape index (κ2) is 9.15. The summed E-state index contributed by atoms with van der Waals surface area (Å²) in [6.45, 7) is 2.96. The first-order valence-corrected chi connectivity index (χ1v) is 12.6. The van der Waals surface area contributed by atoms with Gasteiger partial charge in [0.05, 0.1) is 21.7 Å². The van der Waals surface area contributed by atoms with Crippen LogP contribution in [0.3, 0.4) is 0 Å². The predicted octanol–water partition coefficient (Wildman–Crippen LogP) is 0.632. The Morgan fingerprint density at radius 1 is 0.647 bits per heavy atom. The highest BCUT2D eigenvalue weighted by Gasteiger charge is 2.24. The number of hydrogen-bond acceptors (Lipinski definition) is 8. The molecule has 0 radical (unpaired) electrons. The predicted molar refractivity (Wildman–Crippen MR) is 119 cm³/mol. The largest absolute Gasteiger partial charge is 0.545 e. The first-order chi connectivity index (χ1) is 15.8. The van der Waals surface area contributed by atoms with E-state index < -0.39 is 32.0 Å². The van der Waals surface area contributed by atoms with Gasteiger partial charge in [0.2, 0.25) is 0 Å². The smallest absolute Gasteiger partial charge is 0.262 e. The lowest BCUT2D eigenvalue weighted by atomic mass is 10.2. The van der Waals surface area contributed by atoms with E-state index in [0.29, 0.717) is 0 Å². The zero-order valence-corrected chi connectivity index (χ0v) is 19.5. The minimum absolute atomic E-state index is 0.0525. The van der Waals surface area contributed by atoms with Gasteiger partial charge in [-0.2, -0.15) is 0 Å². The summed E-state index contributed by atoms with van der Waals surface area (Å²) in [7, 11) is -8.64. The van der Waals surface area contributed by atoms with Gasteiger partial charge in [-0.05, 0) is 66.4 Å². The number of rotatable bonds is 8. The van der Waals surface area contributed by atoms with Gasteiger partial charge in [-0.25, -0.2) is 16.8 Å². The summed E-state index contributed by atoms with van der Waals surface area (Å²) < 4.78 is 56.5. The number of hydrogen-bond donors (Lipinski definition) is 2. The SMILES string of the molecule is Cc1cc(C)c(S(=O)(=O)Nc2cccc(C(=O)[O-])c2)cc1S(=O)(=O)Nc1cccc(C(=O)[O-])c1. The molecule has 12 heteroatoms. The molecule has 0 aromatic heterocycles.